The van der Waals surface area contributed by atoms with Gasteiger partial charge in [-0.25, -0.2) is 17.8 Å². The Morgan fingerprint density at radius 2 is 1.88 bits per heavy atom. The van der Waals surface area contributed by atoms with Crippen molar-refractivity contribution in [1.29, 1.82) is 0 Å². The number of furan rings is 1. The molecule has 2 aromatic heterocycles. The van der Waals surface area contributed by atoms with Crippen LogP contribution in [-0.2, 0) is 16.6 Å². The molecule has 0 spiro atoms. The van der Waals surface area contributed by atoms with E-state index in [1.807, 2.05) is 18.2 Å². The highest BCUT2D eigenvalue weighted by Crippen LogP contribution is 2.14. The molecule has 0 saturated carbocycles. The summed E-state index contributed by atoms with van der Waals surface area (Å²) in [5.41, 5.74) is 0.961. The van der Waals surface area contributed by atoms with Crippen molar-refractivity contribution in [1.82, 2.24) is 14.5 Å². The van der Waals surface area contributed by atoms with Gasteiger partial charge in [0.15, 0.2) is 5.76 Å². The highest BCUT2D eigenvalue weighted by atomic mass is 32.2. The van der Waals surface area contributed by atoms with Crippen molar-refractivity contribution in [2.75, 3.05) is 6.54 Å². The van der Waals surface area contributed by atoms with Crippen molar-refractivity contribution in [3.8, 4) is 11.5 Å². The largest absolute Gasteiger partial charge is 0.463 e. The molecule has 0 unspecified atom stereocenters. The molecule has 0 aliphatic carbocycles. The zero-order valence-corrected chi connectivity index (χ0v) is 14.6. The second-order valence-corrected chi connectivity index (χ2v) is 7.06. The molecule has 0 aliphatic heterocycles. The molecule has 1 aromatic carbocycles. The van der Waals surface area contributed by atoms with Gasteiger partial charge in [-0.3, -0.25) is 4.79 Å². The molecule has 0 radical (unpaired) electrons. The van der Waals surface area contributed by atoms with E-state index in [1.165, 1.54) is 23.1 Å². The van der Waals surface area contributed by atoms with E-state index < -0.39 is 10.0 Å². The number of rotatable bonds is 7. The monoisotopic (exact) mass is 371 g/mol. The number of aromatic nitrogens is 2. The smallest absolute Gasteiger partial charge is 0.266 e. The third-order valence-corrected chi connectivity index (χ3v) is 4.61. The zero-order chi connectivity index (χ0) is 18.4. The number of nitrogens with zero attached hydrogens (tertiary/aromatic N) is 2. The molecule has 0 bridgehead atoms. The predicted octanol–water partition coefficient (Wildman–Crippen LogP) is 2.09. The summed E-state index contributed by atoms with van der Waals surface area (Å²) in [5, 5.41) is 5.28. The van der Waals surface area contributed by atoms with Gasteiger partial charge >= 0.3 is 0 Å². The number of nitrogens with one attached hydrogen (secondary N) is 1. The molecule has 0 amide bonds. The van der Waals surface area contributed by atoms with Crippen LogP contribution in [0.2, 0.25) is 0 Å². The first-order valence-electron chi connectivity index (χ1n) is 7.88. The van der Waals surface area contributed by atoms with Gasteiger partial charge in [0.05, 0.1) is 12.8 Å². The van der Waals surface area contributed by atoms with Crippen LogP contribution in [0.25, 0.3) is 17.5 Å². The van der Waals surface area contributed by atoms with E-state index >= 15 is 0 Å². The lowest BCUT2D eigenvalue weighted by Crippen LogP contribution is -2.31. The standard InChI is InChI=1S/C18H17N3O4S/c22-18-9-8-16(17-7-4-13-25-17)20-21(18)12-11-19-26(23,24)14-10-15-5-2-1-3-6-15/h1-10,13-14,19H,11-12H2/b14-10+. The first kappa shape index (κ1) is 17.8. The van der Waals surface area contributed by atoms with Crippen molar-refractivity contribution in [2.45, 2.75) is 6.54 Å². The van der Waals surface area contributed by atoms with E-state index in [1.54, 1.807) is 30.3 Å². The summed E-state index contributed by atoms with van der Waals surface area (Å²) in [6.45, 7) is 0.141. The molecule has 3 aromatic rings. The molecule has 3 rings (SSSR count). The molecule has 0 atom stereocenters. The maximum Gasteiger partial charge on any atom is 0.266 e. The number of hydrogen-bond acceptors (Lipinski definition) is 5. The number of benzene rings is 1. The van der Waals surface area contributed by atoms with E-state index in [4.69, 9.17) is 4.42 Å². The highest BCUT2D eigenvalue weighted by molar-refractivity contribution is 7.92. The van der Waals surface area contributed by atoms with Gasteiger partial charge in [-0.1, -0.05) is 30.3 Å². The Bertz CT molecular complexity index is 1040. The van der Waals surface area contributed by atoms with Gasteiger partial charge in [0.1, 0.15) is 5.69 Å². The molecule has 7 nitrogen and oxygen atoms in total. The van der Waals surface area contributed by atoms with E-state index in [9.17, 15) is 13.2 Å². The minimum absolute atomic E-state index is 0.0377. The van der Waals surface area contributed by atoms with Gasteiger partial charge in [0, 0.05) is 18.0 Å². The predicted molar refractivity (Wildman–Crippen MR) is 98.6 cm³/mol. The average Bonchev–Trinajstić information content (AvgIpc) is 3.17. The molecule has 1 N–H and O–H groups in total. The van der Waals surface area contributed by atoms with Crippen LogP contribution in [0, 0.1) is 0 Å². The summed E-state index contributed by atoms with van der Waals surface area (Å²) in [4.78, 5) is 11.9. The zero-order valence-electron chi connectivity index (χ0n) is 13.8. The summed E-state index contributed by atoms with van der Waals surface area (Å²) in [6.07, 6.45) is 3.02. The van der Waals surface area contributed by atoms with Gasteiger partial charge in [-0.05, 0) is 29.8 Å². The topological polar surface area (TPSA) is 94.2 Å². The summed E-state index contributed by atoms with van der Waals surface area (Å²) in [6, 6.07) is 15.5. The molecule has 8 heteroatoms. The van der Waals surface area contributed by atoms with E-state index in [2.05, 4.69) is 9.82 Å². The second-order valence-electron chi connectivity index (χ2n) is 5.41. The number of hydrogen-bond donors (Lipinski definition) is 1. The fraction of sp³-hybridized carbons (Fsp3) is 0.111. The van der Waals surface area contributed by atoms with Crippen LogP contribution in [0.5, 0.6) is 0 Å². The lowest BCUT2D eigenvalue weighted by Gasteiger charge is -2.06. The minimum atomic E-state index is -3.61. The van der Waals surface area contributed by atoms with E-state index in [0.29, 0.717) is 11.5 Å². The van der Waals surface area contributed by atoms with Crippen molar-refractivity contribution in [2.24, 2.45) is 0 Å². The minimum Gasteiger partial charge on any atom is -0.463 e. The fourth-order valence-corrected chi connectivity index (χ4v) is 3.05. The molecule has 0 saturated heterocycles. The van der Waals surface area contributed by atoms with Gasteiger partial charge in [-0.2, -0.15) is 5.10 Å². The van der Waals surface area contributed by atoms with Crippen molar-refractivity contribution in [3.63, 3.8) is 0 Å². The molecule has 0 aliphatic rings. The Hall–Kier alpha value is -2.97. The van der Waals surface area contributed by atoms with Crippen LogP contribution in [0.1, 0.15) is 5.56 Å². The molecule has 26 heavy (non-hydrogen) atoms. The van der Waals surface area contributed by atoms with Crippen molar-refractivity contribution < 1.29 is 12.8 Å². The Balaban J connectivity index is 1.63. The lowest BCUT2D eigenvalue weighted by molar-refractivity contribution is 0.543. The Kier molecular flexibility index (Phi) is 5.45. The first-order chi connectivity index (χ1) is 12.5. The average molecular weight is 371 g/mol. The quantitative estimate of drug-likeness (QED) is 0.686. The van der Waals surface area contributed by atoms with Crippen LogP contribution in [0.15, 0.2) is 75.5 Å². The first-order valence-corrected chi connectivity index (χ1v) is 9.43. The van der Waals surface area contributed by atoms with Gasteiger partial charge in [0.25, 0.3) is 5.56 Å². The molecule has 2 heterocycles. The Labute approximate surface area is 150 Å². The molecule has 0 fully saturated rings. The lowest BCUT2D eigenvalue weighted by atomic mass is 10.2. The molecular formula is C18H17N3O4S. The Morgan fingerprint density at radius 1 is 1.08 bits per heavy atom. The van der Waals surface area contributed by atoms with Crippen LogP contribution >= 0.6 is 0 Å². The maximum atomic E-state index is 12.0. The third kappa shape index (κ3) is 4.78. The second kappa shape index (κ2) is 7.94. The van der Waals surface area contributed by atoms with Crippen molar-refractivity contribution in [3.05, 3.63) is 82.2 Å². The number of sulfonamides is 1. The van der Waals surface area contributed by atoms with Gasteiger partial charge in [0.2, 0.25) is 10.0 Å². The third-order valence-electron chi connectivity index (χ3n) is 3.51. The van der Waals surface area contributed by atoms with E-state index in [0.717, 1.165) is 11.0 Å². The summed E-state index contributed by atoms with van der Waals surface area (Å²) >= 11 is 0. The summed E-state index contributed by atoms with van der Waals surface area (Å²) in [7, 11) is -3.61. The normalized spacial score (nSPS) is 11.8. The molecule has 134 valence electrons. The maximum absolute atomic E-state index is 12.0. The van der Waals surface area contributed by atoms with Crippen LogP contribution in [0.3, 0.4) is 0 Å². The fourth-order valence-electron chi connectivity index (χ4n) is 2.24. The SMILES string of the molecule is O=c1ccc(-c2ccco2)nn1CCNS(=O)(=O)/C=C/c1ccccc1. The van der Waals surface area contributed by atoms with Crippen molar-refractivity contribution >= 4 is 16.1 Å². The Morgan fingerprint density at radius 3 is 2.62 bits per heavy atom. The van der Waals surface area contributed by atoms with Crippen LogP contribution < -0.4 is 10.3 Å². The summed E-state index contributed by atoms with van der Waals surface area (Å²) in [5.74, 6) is 0.533. The molecular weight excluding hydrogens is 354 g/mol. The van der Waals surface area contributed by atoms with E-state index in [-0.39, 0.29) is 18.6 Å². The van der Waals surface area contributed by atoms with Crippen LogP contribution in [0.4, 0.5) is 0 Å². The van der Waals surface area contributed by atoms with Gasteiger partial charge < -0.3 is 4.42 Å². The highest BCUT2D eigenvalue weighted by Gasteiger charge is 2.08. The van der Waals surface area contributed by atoms with Gasteiger partial charge in [-0.15, -0.1) is 0 Å². The summed E-state index contributed by atoms with van der Waals surface area (Å²) < 4.78 is 32.9. The van der Waals surface area contributed by atoms with Crippen LogP contribution in [-0.4, -0.2) is 24.7 Å².